The number of fused-ring (bicyclic) bond motifs is 1. The van der Waals surface area contributed by atoms with Crippen LogP contribution in [-0.2, 0) is 9.59 Å². The zero-order valence-corrected chi connectivity index (χ0v) is 11.0. The number of carbonyl (C=O) groups excluding carboxylic acids is 2. The number of amides is 2. The van der Waals surface area contributed by atoms with Gasteiger partial charge in [-0.2, -0.15) is 0 Å². The number of imide groups is 1. The Morgan fingerprint density at radius 2 is 1.59 bits per heavy atom. The van der Waals surface area contributed by atoms with Crippen molar-refractivity contribution in [2.45, 2.75) is 46.1 Å². The molecule has 2 unspecified atom stereocenters. The number of nitrogens with zero attached hydrogens (tertiary/aromatic N) is 1. The monoisotopic (exact) mass is 239 g/mol. The summed E-state index contributed by atoms with van der Waals surface area (Å²) in [4.78, 5) is 25.9. The minimum atomic E-state index is -0.683. The van der Waals surface area contributed by atoms with Gasteiger partial charge in [-0.05, 0) is 18.3 Å². The Morgan fingerprint density at radius 3 is 1.88 bits per heavy atom. The highest BCUT2D eigenvalue weighted by Crippen LogP contribution is 2.64. The van der Waals surface area contributed by atoms with Crippen LogP contribution in [0.1, 0.15) is 40.5 Å². The molecular formula is C13H21NO3. The van der Waals surface area contributed by atoms with Crippen LogP contribution in [0.5, 0.6) is 0 Å². The fraction of sp³-hybridized carbons (Fsp3) is 0.846. The Balaban J connectivity index is 2.32. The third-order valence-electron chi connectivity index (χ3n) is 4.89. The predicted molar refractivity (Wildman–Crippen MR) is 63.0 cm³/mol. The van der Waals surface area contributed by atoms with E-state index in [0.29, 0.717) is 12.8 Å². The molecule has 0 aromatic heterocycles. The van der Waals surface area contributed by atoms with E-state index in [-0.39, 0.29) is 35.7 Å². The van der Waals surface area contributed by atoms with E-state index in [1.54, 1.807) is 0 Å². The second kappa shape index (κ2) is 3.55. The lowest BCUT2D eigenvalue weighted by molar-refractivity contribution is -0.153. The van der Waals surface area contributed by atoms with Crippen molar-refractivity contribution in [3.05, 3.63) is 0 Å². The third kappa shape index (κ3) is 1.33. The minimum Gasteiger partial charge on any atom is -0.394 e. The maximum Gasteiger partial charge on any atom is 0.234 e. The highest BCUT2D eigenvalue weighted by Gasteiger charge is 2.74. The Hall–Kier alpha value is -0.900. The van der Waals surface area contributed by atoms with E-state index in [1.165, 1.54) is 4.90 Å². The highest BCUT2D eigenvalue weighted by atomic mass is 16.3. The molecule has 0 aromatic rings. The van der Waals surface area contributed by atoms with Crippen LogP contribution in [0.3, 0.4) is 0 Å². The molecule has 0 radical (unpaired) electrons. The van der Waals surface area contributed by atoms with Gasteiger partial charge in [-0.25, -0.2) is 0 Å². The maximum absolute atomic E-state index is 12.3. The molecule has 1 N–H and O–H groups in total. The van der Waals surface area contributed by atoms with Crippen LogP contribution >= 0.6 is 0 Å². The van der Waals surface area contributed by atoms with Crippen LogP contribution in [0.15, 0.2) is 0 Å². The van der Waals surface area contributed by atoms with E-state index >= 15 is 0 Å². The molecule has 2 fully saturated rings. The summed E-state index contributed by atoms with van der Waals surface area (Å²) in [5.74, 6) is -0.469. The van der Waals surface area contributed by atoms with Crippen LogP contribution in [0.4, 0.5) is 0 Å². The van der Waals surface area contributed by atoms with E-state index < -0.39 is 5.54 Å². The van der Waals surface area contributed by atoms with E-state index in [0.717, 1.165) is 0 Å². The molecule has 0 bridgehead atoms. The first-order valence-electron chi connectivity index (χ1n) is 6.36. The van der Waals surface area contributed by atoms with Gasteiger partial charge in [0.25, 0.3) is 0 Å². The minimum absolute atomic E-state index is 0.0808. The molecule has 1 saturated carbocycles. The summed E-state index contributed by atoms with van der Waals surface area (Å²) in [6.07, 6.45) is 1.22. The summed E-state index contributed by atoms with van der Waals surface area (Å²) in [7, 11) is 0. The van der Waals surface area contributed by atoms with Crippen LogP contribution in [0.2, 0.25) is 0 Å². The first-order valence-corrected chi connectivity index (χ1v) is 6.36. The lowest BCUT2D eigenvalue weighted by atomic mass is 9.90. The predicted octanol–water partition coefficient (Wildman–Crippen LogP) is 1.18. The number of likely N-dealkylation sites (tertiary alicyclic amines) is 1. The van der Waals surface area contributed by atoms with Crippen molar-refractivity contribution in [1.82, 2.24) is 4.90 Å². The van der Waals surface area contributed by atoms with Crippen molar-refractivity contribution in [3.8, 4) is 0 Å². The lowest BCUT2D eigenvalue weighted by Gasteiger charge is -2.39. The van der Waals surface area contributed by atoms with Crippen LogP contribution in [0.25, 0.3) is 0 Å². The topological polar surface area (TPSA) is 57.6 Å². The van der Waals surface area contributed by atoms with Gasteiger partial charge in [0.05, 0.1) is 24.0 Å². The first kappa shape index (κ1) is 12.6. The Bertz CT molecular complexity index is 339. The summed E-state index contributed by atoms with van der Waals surface area (Å²) < 4.78 is 0. The molecule has 2 rings (SSSR count). The number of hydrogen-bond acceptors (Lipinski definition) is 3. The van der Waals surface area contributed by atoms with Crippen LogP contribution < -0.4 is 0 Å². The van der Waals surface area contributed by atoms with Gasteiger partial charge in [0.15, 0.2) is 0 Å². The molecule has 1 aliphatic carbocycles. The molecule has 96 valence electrons. The number of carbonyl (C=O) groups is 2. The second-order valence-electron chi connectivity index (χ2n) is 5.88. The normalized spacial score (nSPS) is 30.8. The zero-order chi connectivity index (χ0) is 13.0. The second-order valence-corrected chi connectivity index (χ2v) is 5.88. The molecule has 1 aliphatic heterocycles. The molecule has 17 heavy (non-hydrogen) atoms. The number of aliphatic hydroxyl groups is 1. The molecule has 2 aliphatic rings. The smallest absolute Gasteiger partial charge is 0.234 e. The standard InChI is InChI=1S/C13H21NO3/c1-5-13(6-2,7-15)14-10(16)8-9(11(14)17)12(8,3)4/h8-9,15H,5-7H2,1-4H3. The van der Waals surface area contributed by atoms with Gasteiger partial charge < -0.3 is 5.11 Å². The third-order valence-corrected chi connectivity index (χ3v) is 4.89. The lowest BCUT2D eigenvalue weighted by Crippen LogP contribution is -2.55. The van der Waals surface area contributed by atoms with Gasteiger partial charge in [0.2, 0.25) is 11.8 Å². The van der Waals surface area contributed by atoms with Gasteiger partial charge >= 0.3 is 0 Å². The average molecular weight is 239 g/mol. The van der Waals surface area contributed by atoms with Gasteiger partial charge in [-0.3, -0.25) is 14.5 Å². The zero-order valence-electron chi connectivity index (χ0n) is 11.0. The van der Waals surface area contributed by atoms with Gasteiger partial charge in [0, 0.05) is 0 Å². The highest BCUT2D eigenvalue weighted by molar-refractivity contribution is 6.11. The summed E-state index contributed by atoms with van der Waals surface area (Å²) in [5.41, 5.74) is -0.856. The van der Waals surface area contributed by atoms with Crippen LogP contribution in [0, 0.1) is 17.3 Å². The summed E-state index contributed by atoms with van der Waals surface area (Å²) >= 11 is 0. The van der Waals surface area contributed by atoms with Gasteiger partial charge in [-0.1, -0.05) is 27.7 Å². The van der Waals surface area contributed by atoms with Crippen molar-refractivity contribution < 1.29 is 14.7 Å². The summed E-state index contributed by atoms with van der Waals surface area (Å²) in [6.45, 7) is 7.62. The summed E-state index contributed by atoms with van der Waals surface area (Å²) in [5, 5.41) is 9.56. The first-order chi connectivity index (χ1) is 7.87. The van der Waals surface area contributed by atoms with Crippen molar-refractivity contribution in [2.75, 3.05) is 6.61 Å². The quantitative estimate of drug-likeness (QED) is 0.749. The largest absolute Gasteiger partial charge is 0.394 e. The number of rotatable bonds is 4. The SMILES string of the molecule is CCC(CC)(CO)N1C(=O)C2C(C1=O)C2(C)C. The van der Waals surface area contributed by atoms with Crippen molar-refractivity contribution >= 4 is 11.8 Å². The maximum atomic E-state index is 12.3. The van der Waals surface area contributed by atoms with E-state index in [1.807, 2.05) is 27.7 Å². The number of hydrogen-bond donors (Lipinski definition) is 1. The van der Waals surface area contributed by atoms with E-state index in [4.69, 9.17) is 0 Å². The summed E-state index contributed by atoms with van der Waals surface area (Å²) in [6, 6.07) is 0. The molecule has 0 aromatic carbocycles. The van der Waals surface area contributed by atoms with E-state index in [2.05, 4.69) is 0 Å². The average Bonchev–Trinajstić information content (AvgIpc) is 2.75. The molecule has 2 atom stereocenters. The van der Waals surface area contributed by atoms with Gasteiger partial charge in [0.1, 0.15) is 0 Å². The fourth-order valence-corrected chi connectivity index (χ4v) is 3.27. The van der Waals surface area contributed by atoms with Crippen molar-refractivity contribution in [2.24, 2.45) is 17.3 Å². The Morgan fingerprint density at radius 1 is 1.18 bits per heavy atom. The molecule has 4 heteroatoms. The van der Waals surface area contributed by atoms with Crippen LogP contribution in [-0.4, -0.2) is 34.0 Å². The molecule has 4 nitrogen and oxygen atoms in total. The molecule has 1 saturated heterocycles. The Labute approximate surface area is 102 Å². The van der Waals surface area contributed by atoms with Crippen molar-refractivity contribution in [1.29, 1.82) is 0 Å². The Kier molecular flexibility index (Phi) is 2.62. The van der Waals surface area contributed by atoms with Crippen molar-refractivity contribution in [3.63, 3.8) is 0 Å². The number of aliphatic hydroxyl groups excluding tert-OH is 1. The molecule has 2 amide bonds. The molecule has 0 spiro atoms. The fourth-order valence-electron chi connectivity index (χ4n) is 3.27. The molecule has 1 heterocycles. The van der Waals surface area contributed by atoms with E-state index in [9.17, 15) is 14.7 Å². The van der Waals surface area contributed by atoms with Gasteiger partial charge in [-0.15, -0.1) is 0 Å². The molecular weight excluding hydrogens is 218 g/mol. The number of piperidine rings is 1.